The Balaban J connectivity index is 1.82. The fourth-order valence-corrected chi connectivity index (χ4v) is 6.51. The Morgan fingerprint density at radius 2 is 0.853 bits per heavy atom. The highest BCUT2D eigenvalue weighted by molar-refractivity contribution is 6.55. The monoisotopic (exact) mass is 514 g/mol. The second kappa shape index (κ2) is 8.75. The van der Waals surface area contributed by atoms with E-state index in [4.69, 9.17) is 23.2 Å². The Morgan fingerprint density at radius 1 is 0.618 bits per heavy atom. The van der Waals surface area contributed by atoms with Crippen LogP contribution in [0.4, 0.5) is 0 Å². The van der Waals surface area contributed by atoms with Crippen molar-refractivity contribution >= 4 is 34.8 Å². The molecule has 3 rings (SSSR count). The number of rotatable bonds is 4. The van der Waals surface area contributed by atoms with E-state index in [9.17, 15) is 20.0 Å². The lowest BCUT2D eigenvalue weighted by atomic mass is 9.78. The SMILES string of the molecule is CC1(C)CC(NC2=C(Cl)C(=O)C(NC3CC(C)(C)N([O])C(C)(C)C3)=C(Cl)C2=O)CC(C)(C)N1[O]. The molecule has 0 aromatic heterocycles. The molecule has 0 aromatic rings. The number of hydroxylamine groups is 4. The van der Waals surface area contributed by atoms with Crippen molar-refractivity contribution in [3.63, 3.8) is 0 Å². The minimum absolute atomic E-state index is 0.0341. The highest BCUT2D eigenvalue weighted by Crippen LogP contribution is 2.40. The smallest absolute Gasteiger partial charge is 0.224 e. The van der Waals surface area contributed by atoms with Crippen LogP contribution in [0.1, 0.15) is 81.1 Å². The number of hydrogen-bond donors (Lipinski definition) is 2. The first-order valence-electron chi connectivity index (χ1n) is 11.7. The van der Waals surface area contributed by atoms with Crippen molar-refractivity contribution in [3.05, 3.63) is 21.5 Å². The number of hydrogen-bond acceptors (Lipinski definition) is 6. The van der Waals surface area contributed by atoms with E-state index in [1.807, 2.05) is 55.4 Å². The second-order valence-electron chi connectivity index (χ2n) is 12.4. The van der Waals surface area contributed by atoms with Crippen molar-refractivity contribution in [2.45, 2.75) is 115 Å². The Kier molecular flexibility index (Phi) is 7.06. The van der Waals surface area contributed by atoms with Gasteiger partial charge in [0.25, 0.3) is 0 Å². The third-order valence-corrected chi connectivity index (χ3v) is 7.89. The van der Waals surface area contributed by atoms with Gasteiger partial charge in [0.15, 0.2) is 0 Å². The van der Waals surface area contributed by atoms with E-state index in [1.165, 1.54) is 0 Å². The van der Waals surface area contributed by atoms with E-state index in [1.54, 1.807) is 0 Å². The van der Waals surface area contributed by atoms with Gasteiger partial charge in [-0.15, -0.1) is 20.5 Å². The standard InChI is InChI=1S/C24H36Cl2N4O4/c1-21(2)9-13(10-22(3,4)29(21)33)27-17-15(25)20(32)18(16(26)19(17)31)28-14-11-23(5,6)30(34)24(7,8)12-14/h13-14,27-28H,9-12H2,1-8H3. The van der Waals surface area contributed by atoms with Crippen LogP contribution in [-0.2, 0) is 20.0 Å². The van der Waals surface area contributed by atoms with Gasteiger partial charge in [-0.2, -0.15) is 0 Å². The van der Waals surface area contributed by atoms with E-state index in [0.29, 0.717) is 25.7 Å². The number of Topliss-reactive ketones (excluding diaryl/α,β-unsaturated/α-hetero) is 2. The summed E-state index contributed by atoms with van der Waals surface area (Å²) in [7, 11) is 0. The van der Waals surface area contributed by atoms with Gasteiger partial charge in [-0.25, -0.2) is 0 Å². The van der Waals surface area contributed by atoms with Crippen LogP contribution in [0.3, 0.4) is 0 Å². The Labute approximate surface area is 212 Å². The summed E-state index contributed by atoms with van der Waals surface area (Å²) in [5.41, 5.74) is -2.69. The maximum atomic E-state index is 13.2. The molecule has 0 bridgehead atoms. The molecule has 0 aromatic carbocycles. The van der Waals surface area contributed by atoms with Gasteiger partial charge in [0.2, 0.25) is 11.6 Å². The molecular formula is C24H36Cl2N4O4. The minimum atomic E-state index is -0.656. The zero-order valence-corrected chi connectivity index (χ0v) is 22.8. The number of halogens is 2. The fourth-order valence-electron chi connectivity index (χ4n) is 6.04. The molecule has 3 aliphatic rings. The van der Waals surface area contributed by atoms with Crippen LogP contribution in [-0.4, -0.2) is 55.9 Å². The Bertz CT molecular complexity index is 843. The number of nitrogens with zero attached hydrogens (tertiary/aromatic N) is 2. The van der Waals surface area contributed by atoms with Crippen molar-refractivity contribution in [2.24, 2.45) is 0 Å². The zero-order valence-electron chi connectivity index (χ0n) is 21.3. The lowest BCUT2D eigenvalue weighted by Gasteiger charge is -2.50. The summed E-state index contributed by atoms with van der Waals surface area (Å²) < 4.78 is 0. The fraction of sp³-hybridized carbons (Fsp3) is 0.750. The van der Waals surface area contributed by atoms with Gasteiger partial charge < -0.3 is 10.6 Å². The maximum Gasteiger partial charge on any atom is 0.224 e. The van der Waals surface area contributed by atoms with Crippen LogP contribution in [0, 0.1) is 0 Å². The quantitative estimate of drug-likeness (QED) is 0.550. The third-order valence-electron chi connectivity index (χ3n) is 7.17. The molecule has 2 saturated heterocycles. The number of allylic oxidation sites excluding steroid dienone is 2. The molecule has 2 heterocycles. The highest BCUT2D eigenvalue weighted by atomic mass is 35.5. The Morgan fingerprint density at radius 3 is 1.09 bits per heavy atom. The number of nitrogens with one attached hydrogen (secondary N) is 2. The number of carbonyl (C=O) groups excluding carboxylic acids is 2. The zero-order chi connectivity index (χ0) is 26.0. The van der Waals surface area contributed by atoms with Crippen LogP contribution in [0.25, 0.3) is 0 Å². The molecule has 8 nitrogen and oxygen atoms in total. The molecule has 190 valence electrons. The number of ketones is 2. The molecule has 0 atom stereocenters. The van der Waals surface area contributed by atoms with E-state index in [-0.39, 0.29) is 33.5 Å². The molecule has 0 unspecified atom stereocenters. The van der Waals surface area contributed by atoms with Crippen molar-refractivity contribution in [1.29, 1.82) is 0 Å². The van der Waals surface area contributed by atoms with Gasteiger partial charge in [-0.1, -0.05) is 23.2 Å². The van der Waals surface area contributed by atoms with Gasteiger partial charge in [0.05, 0.1) is 0 Å². The molecule has 34 heavy (non-hydrogen) atoms. The normalized spacial score (nSPS) is 28.5. The summed E-state index contributed by atoms with van der Waals surface area (Å²) in [6.45, 7) is 14.8. The molecular weight excluding hydrogens is 479 g/mol. The summed E-state index contributed by atoms with van der Waals surface area (Å²) in [5.74, 6) is -1.12. The van der Waals surface area contributed by atoms with Gasteiger partial charge >= 0.3 is 0 Å². The van der Waals surface area contributed by atoms with E-state index < -0.39 is 33.7 Å². The predicted molar refractivity (Wildman–Crippen MR) is 129 cm³/mol. The third kappa shape index (κ3) is 4.90. The maximum absolute atomic E-state index is 13.2. The first-order valence-corrected chi connectivity index (χ1v) is 12.4. The molecule has 2 N–H and O–H groups in total. The summed E-state index contributed by atoms with van der Waals surface area (Å²) in [6, 6.07) is -0.477. The Hall–Kier alpha value is -1.16. The van der Waals surface area contributed by atoms with Crippen molar-refractivity contribution < 1.29 is 20.0 Å². The molecule has 0 saturated carbocycles. The van der Waals surface area contributed by atoms with Gasteiger partial charge in [-0.3, -0.25) is 9.59 Å². The van der Waals surface area contributed by atoms with Crippen molar-refractivity contribution in [2.75, 3.05) is 0 Å². The van der Waals surface area contributed by atoms with E-state index in [2.05, 4.69) is 10.6 Å². The first-order chi connectivity index (χ1) is 15.3. The van der Waals surface area contributed by atoms with Gasteiger partial charge in [-0.05, 0) is 81.1 Å². The van der Waals surface area contributed by atoms with E-state index >= 15 is 0 Å². The average Bonchev–Trinajstić information content (AvgIpc) is 2.68. The largest absolute Gasteiger partial charge is 0.378 e. The topological polar surface area (TPSA) is 104 Å². The molecule has 2 radical (unpaired) electrons. The molecule has 0 amide bonds. The van der Waals surface area contributed by atoms with Crippen molar-refractivity contribution in [3.8, 4) is 0 Å². The first kappa shape index (κ1) is 27.4. The van der Waals surface area contributed by atoms with Gasteiger partial charge in [0, 0.05) is 34.2 Å². The number of piperidine rings is 2. The highest BCUT2D eigenvalue weighted by Gasteiger charge is 2.49. The summed E-state index contributed by atoms with van der Waals surface area (Å²) in [6.07, 6.45) is 1.89. The summed E-state index contributed by atoms with van der Waals surface area (Å²) in [4.78, 5) is 26.4. The number of carbonyl (C=O) groups is 2. The van der Waals surface area contributed by atoms with Crippen LogP contribution in [0.15, 0.2) is 21.5 Å². The molecule has 1 aliphatic carbocycles. The predicted octanol–water partition coefficient (Wildman–Crippen LogP) is 3.95. The second-order valence-corrected chi connectivity index (χ2v) is 13.1. The lowest BCUT2D eigenvalue weighted by molar-refractivity contribution is -0.290. The average molecular weight is 515 g/mol. The lowest BCUT2D eigenvalue weighted by Crippen LogP contribution is -2.62. The molecule has 2 aliphatic heterocycles. The minimum Gasteiger partial charge on any atom is -0.378 e. The van der Waals surface area contributed by atoms with Gasteiger partial charge in [0.1, 0.15) is 21.5 Å². The van der Waals surface area contributed by atoms with Crippen LogP contribution >= 0.6 is 23.2 Å². The summed E-state index contributed by atoms with van der Waals surface area (Å²) >= 11 is 12.8. The van der Waals surface area contributed by atoms with Crippen LogP contribution < -0.4 is 10.6 Å². The molecule has 0 spiro atoms. The van der Waals surface area contributed by atoms with Crippen LogP contribution in [0.2, 0.25) is 0 Å². The van der Waals surface area contributed by atoms with E-state index in [0.717, 1.165) is 10.1 Å². The van der Waals surface area contributed by atoms with Crippen molar-refractivity contribution in [1.82, 2.24) is 20.8 Å². The molecule has 10 heteroatoms. The molecule has 2 fully saturated rings. The summed E-state index contributed by atoms with van der Waals surface area (Å²) in [5, 5.41) is 33.3. The van der Waals surface area contributed by atoms with Crippen LogP contribution in [0.5, 0.6) is 0 Å².